The van der Waals surface area contributed by atoms with Crippen LogP contribution in [0.4, 0.5) is 0 Å². The summed E-state index contributed by atoms with van der Waals surface area (Å²) in [6.07, 6.45) is 5.84. The summed E-state index contributed by atoms with van der Waals surface area (Å²) in [6.45, 7) is 3.79. The lowest BCUT2D eigenvalue weighted by atomic mass is 10.2. The summed E-state index contributed by atoms with van der Waals surface area (Å²) in [5.74, 6) is 2.67. The summed E-state index contributed by atoms with van der Waals surface area (Å²) in [7, 11) is 1.79. The van der Waals surface area contributed by atoms with E-state index in [-0.39, 0.29) is 0 Å². The van der Waals surface area contributed by atoms with Crippen LogP contribution in [0.25, 0.3) is 0 Å². The van der Waals surface area contributed by atoms with Gasteiger partial charge in [-0.05, 0) is 30.8 Å². The summed E-state index contributed by atoms with van der Waals surface area (Å²) in [6, 6.07) is 0. The SMILES string of the molecule is C=C[C@@H]1C[C@@H]1C(OC)=C1CC1. The van der Waals surface area contributed by atoms with Gasteiger partial charge in [0.15, 0.2) is 0 Å². The van der Waals surface area contributed by atoms with E-state index in [1.165, 1.54) is 25.0 Å². The third kappa shape index (κ3) is 1.20. The van der Waals surface area contributed by atoms with Crippen LogP contribution in [-0.2, 0) is 4.74 Å². The van der Waals surface area contributed by atoms with Crippen molar-refractivity contribution in [1.82, 2.24) is 0 Å². The van der Waals surface area contributed by atoms with Gasteiger partial charge >= 0.3 is 0 Å². The number of ether oxygens (including phenoxy) is 1. The normalized spacial score (nSPS) is 33.0. The zero-order valence-electron chi connectivity index (χ0n) is 6.97. The molecule has 1 heteroatoms. The fraction of sp³-hybridized carbons (Fsp3) is 0.600. The van der Waals surface area contributed by atoms with Gasteiger partial charge in [0.05, 0.1) is 12.9 Å². The first-order valence-corrected chi connectivity index (χ1v) is 4.25. The second kappa shape index (κ2) is 2.40. The Bertz CT molecular complexity index is 209. The fourth-order valence-electron chi connectivity index (χ4n) is 1.64. The molecule has 2 fully saturated rings. The van der Waals surface area contributed by atoms with E-state index in [0.717, 1.165) is 0 Å². The first-order valence-electron chi connectivity index (χ1n) is 4.25. The Morgan fingerprint density at radius 1 is 1.64 bits per heavy atom. The van der Waals surface area contributed by atoms with Crippen LogP contribution in [-0.4, -0.2) is 7.11 Å². The molecule has 0 aromatic rings. The Labute approximate surface area is 67.7 Å². The minimum absolute atomic E-state index is 0.690. The van der Waals surface area contributed by atoms with Gasteiger partial charge in [0.2, 0.25) is 0 Å². The van der Waals surface area contributed by atoms with Crippen LogP contribution in [0.2, 0.25) is 0 Å². The number of allylic oxidation sites excluding steroid dienone is 3. The Hall–Kier alpha value is -0.720. The third-order valence-corrected chi connectivity index (χ3v) is 2.55. The molecule has 0 spiro atoms. The molecule has 0 saturated heterocycles. The standard InChI is InChI=1S/C10H14O/c1-3-7-6-9(7)10(11-2)8-4-5-8/h3,7,9H,1,4-6H2,2H3/t7-,9+/m1/s1. The molecule has 2 atom stereocenters. The minimum atomic E-state index is 0.690. The zero-order valence-corrected chi connectivity index (χ0v) is 6.97. The van der Waals surface area contributed by atoms with Crippen molar-refractivity contribution in [3.05, 3.63) is 24.0 Å². The molecule has 0 radical (unpaired) electrons. The summed E-state index contributed by atoms with van der Waals surface area (Å²) in [4.78, 5) is 0. The van der Waals surface area contributed by atoms with Crippen LogP contribution in [0.1, 0.15) is 19.3 Å². The predicted molar refractivity (Wildman–Crippen MR) is 45.1 cm³/mol. The molecular weight excluding hydrogens is 136 g/mol. The number of hydrogen-bond acceptors (Lipinski definition) is 1. The fourth-order valence-corrected chi connectivity index (χ4v) is 1.64. The van der Waals surface area contributed by atoms with Crippen LogP contribution < -0.4 is 0 Å². The lowest BCUT2D eigenvalue weighted by molar-refractivity contribution is 0.266. The maximum absolute atomic E-state index is 5.36. The van der Waals surface area contributed by atoms with Gasteiger partial charge in [-0.15, -0.1) is 6.58 Å². The van der Waals surface area contributed by atoms with Gasteiger partial charge in [0, 0.05) is 5.92 Å². The second-order valence-corrected chi connectivity index (χ2v) is 3.41. The van der Waals surface area contributed by atoms with E-state index in [4.69, 9.17) is 4.74 Å². The average molecular weight is 150 g/mol. The Morgan fingerprint density at radius 3 is 2.73 bits per heavy atom. The van der Waals surface area contributed by atoms with E-state index < -0.39 is 0 Å². The quantitative estimate of drug-likeness (QED) is 0.443. The first-order chi connectivity index (χ1) is 5.36. The molecule has 11 heavy (non-hydrogen) atoms. The lowest BCUT2D eigenvalue weighted by Gasteiger charge is -2.02. The highest BCUT2D eigenvalue weighted by Crippen LogP contribution is 2.49. The average Bonchev–Trinajstić information content (AvgIpc) is 2.82. The predicted octanol–water partition coefficient (Wildman–Crippen LogP) is 2.50. The molecule has 0 heterocycles. The molecule has 0 unspecified atom stereocenters. The molecule has 2 aliphatic rings. The van der Waals surface area contributed by atoms with Crippen molar-refractivity contribution in [3.63, 3.8) is 0 Å². The van der Waals surface area contributed by atoms with Crippen molar-refractivity contribution in [3.8, 4) is 0 Å². The summed E-state index contributed by atoms with van der Waals surface area (Å²) in [5.41, 5.74) is 1.54. The first kappa shape index (κ1) is 6.96. The molecule has 0 aromatic carbocycles. The van der Waals surface area contributed by atoms with E-state index in [0.29, 0.717) is 11.8 Å². The zero-order chi connectivity index (χ0) is 7.84. The van der Waals surface area contributed by atoms with Crippen molar-refractivity contribution in [1.29, 1.82) is 0 Å². The highest BCUT2D eigenvalue weighted by atomic mass is 16.5. The number of methoxy groups -OCH3 is 1. The van der Waals surface area contributed by atoms with Gasteiger partial charge in [-0.1, -0.05) is 6.08 Å². The van der Waals surface area contributed by atoms with Gasteiger partial charge in [0.1, 0.15) is 0 Å². The Kier molecular flexibility index (Phi) is 1.52. The van der Waals surface area contributed by atoms with Crippen LogP contribution in [0.5, 0.6) is 0 Å². The smallest absolute Gasteiger partial charge is 0.0984 e. The van der Waals surface area contributed by atoms with Crippen LogP contribution in [0.15, 0.2) is 24.0 Å². The minimum Gasteiger partial charge on any atom is -0.501 e. The monoisotopic (exact) mass is 150 g/mol. The van der Waals surface area contributed by atoms with Crippen molar-refractivity contribution in [2.75, 3.05) is 7.11 Å². The molecule has 60 valence electrons. The molecule has 2 aliphatic carbocycles. The third-order valence-electron chi connectivity index (χ3n) is 2.55. The van der Waals surface area contributed by atoms with Gasteiger partial charge < -0.3 is 4.74 Å². The Balaban J connectivity index is 2.04. The molecule has 2 rings (SSSR count). The van der Waals surface area contributed by atoms with Gasteiger partial charge in [0.25, 0.3) is 0 Å². The Morgan fingerprint density at radius 2 is 2.36 bits per heavy atom. The van der Waals surface area contributed by atoms with Crippen LogP contribution in [0, 0.1) is 11.8 Å². The van der Waals surface area contributed by atoms with E-state index in [9.17, 15) is 0 Å². The lowest BCUT2D eigenvalue weighted by Crippen LogP contribution is -1.90. The molecular formula is C10H14O. The maximum atomic E-state index is 5.36. The molecule has 0 N–H and O–H groups in total. The molecule has 0 aliphatic heterocycles. The summed E-state index contributed by atoms with van der Waals surface area (Å²) in [5, 5.41) is 0. The van der Waals surface area contributed by atoms with Gasteiger partial charge in [-0.25, -0.2) is 0 Å². The van der Waals surface area contributed by atoms with Crippen molar-refractivity contribution >= 4 is 0 Å². The molecule has 2 saturated carbocycles. The largest absolute Gasteiger partial charge is 0.501 e. The van der Waals surface area contributed by atoms with Gasteiger partial charge in [-0.2, -0.15) is 0 Å². The van der Waals surface area contributed by atoms with Crippen molar-refractivity contribution in [2.24, 2.45) is 11.8 Å². The molecule has 0 aromatic heterocycles. The highest BCUT2D eigenvalue weighted by molar-refractivity contribution is 5.27. The van der Waals surface area contributed by atoms with Crippen molar-refractivity contribution < 1.29 is 4.74 Å². The van der Waals surface area contributed by atoms with E-state index >= 15 is 0 Å². The van der Waals surface area contributed by atoms with Crippen LogP contribution in [0.3, 0.4) is 0 Å². The molecule has 0 amide bonds. The number of rotatable bonds is 3. The van der Waals surface area contributed by atoms with E-state index in [1.807, 2.05) is 6.08 Å². The molecule has 1 nitrogen and oxygen atoms in total. The number of hydrogen-bond donors (Lipinski definition) is 0. The van der Waals surface area contributed by atoms with E-state index in [2.05, 4.69) is 6.58 Å². The van der Waals surface area contributed by atoms with E-state index in [1.54, 1.807) is 12.7 Å². The van der Waals surface area contributed by atoms with Crippen LogP contribution >= 0.6 is 0 Å². The summed E-state index contributed by atoms with van der Waals surface area (Å²) >= 11 is 0. The topological polar surface area (TPSA) is 9.23 Å². The van der Waals surface area contributed by atoms with Gasteiger partial charge in [-0.3, -0.25) is 0 Å². The summed E-state index contributed by atoms with van der Waals surface area (Å²) < 4.78 is 5.36. The highest BCUT2D eigenvalue weighted by Gasteiger charge is 2.41. The van der Waals surface area contributed by atoms with Crippen molar-refractivity contribution in [2.45, 2.75) is 19.3 Å². The second-order valence-electron chi connectivity index (χ2n) is 3.41. The molecule has 0 bridgehead atoms. The maximum Gasteiger partial charge on any atom is 0.0984 e.